The molecule has 2 rings (SSSR count). The zero-order chi connectivity index (χ0) is 9.10. The molecule has 2 aliphatic carbocycles. The van der Waals surface area contributed by atoms with Gasteiger partial charge in [0.2, 0.25) is 0 Å². The highest BCUT2D eigenvalue weighted by molar-refractivity contribution is 5.45. The van der Waals surface area contributed by atoms with Crippen LogP contribution in [0.5, 0.6) is 0 Å². The zero-order valence-electron chi connectivity index (χ0n) is 7.35. The van der Waals surface area contributed by atoms with E-state index in [1.165, 1.54) is 11.1 Å². The van der Waals surface area contributed by atoms with Crippen molar-refractivity contribution in [1.29, 1.82) is 0 Å². The first-order chi connectivity index (χ1) is 6.42. The van der Waals surface area contributed by atoms with Gasteiger partial charge in [-0.3, -0.25) is 0 Å². The molecule has 0 aromatic rings. The lowest BCUT2D eigenvalue weighted by atomic mass is 9.93. The van der Waals surface area contributed by atoms with Gasteiger partial charge >= 0.3 is 0 Å². The zero-order valence-corrected chi connectivity index (χ0v) is 7.35. The Bertz CT molecular complexity index is 308. The van der Waals surface area contributed by atoms with Gasteiger partial charge in [-0.2, -0.15) is 0 Å². The molecule has 0 aliphatic heterocycles. The fourth-order valence-electron chi connectivity index (χ4n) is 1.65. The molecule has 1 heteroatoms. The molecule has 1 nitrogen and oxygen atoms in total. The van der Waals surface area contributed by atoms with Crippen LogP contribution < -0.4 is 0 Å². The first kappa shape index (κ1) is 8.27. The average molecular weight is 172 g/mol. The van der Waals surface area contributed by atoms with Crippen LogP contribution in [-0.2, 0) is 0 Å². The third-order valence-electron chi connectivity index (χ3n) is 2.36. The molecule has 0 atom stereocenters. The fourth-order valence-corrected chi connectivity index (χ4v) is 1.65. The number of aliphatic hydroxyl groups excluding tert-OH is 1. The van der Waals surface area contributed by atoms with Gasteiger partial charge in [0.05, 0.1) is 6.61 Å². The van der Waals surface area contributed by atoms with Gasteiger partial charge < -0.3 is 5.11 Å². The van der Waals surface area contributed by atoms with E-state index in [4.69, 9.17) is 0 Å². The van der Waals surface area contributed by atoms with Crippen LogP contribution in [0.1, 0.15) is 0 Å². The molecule has 0 amide bonds. The number of fused-ring (bicyclic) bond motifs is 2. The van der Waals surface area contributed by atoms with Crippen molar-refractivity contribution in [2.24, 2.45) is 5.92 Å². The minimum absolute atomic E-state index is 0.144. The Labute approximate surface area is 78.1 Å². The first-order valence-corrected chi connectivity index (χ1v) is 4.46. The highest BCUT2D eigenvalue weighted by atomic mass is 16.3. The third kappa shape index (κ3) is 1.56. The van der Waals surface area contributed by atoms with Crippen LogP contribution in [0, 0.1) is 5.92 Å². The Kier molecular flexibility index (Phi) is 2.28. The van der Waals surface area contributed by atoms with Crippen molar-refractivity contribution < 1.29 is 5.11 Å². The van der Waals surface area contributed by atoms with Crippen LogP contribution in [0.25, 0.3) is 0 Å². The maximum Gasteiger partial charge on any atom is 0.0540 e. The van der Waals surface area contributed by atoms with Crippen LogP contribution >= 0.6 is 0 Å². The smallest absolute Gasteiger partial charge is 0.0540 e. The van der Waals surface area contributed by atoms with Gasteiger partial charge in [0.25, 0.3) is 0 Å². The summed E-state index contributed by atoms with van der Waals surface area (Å²) in [6.07, 6.45) is 16.2. The minimum atomic E-state index is 0.144. The summed E-state index contributed by atoms with van der Waals surface area (Å²) < 4.78 is 0. The maximum atomic E-state index is 9.27. The second-order valence-corrected chi connectivity index (χ2v) is 3.17. The number of hydrogen-bond acceptors (Lipinski definition) is 1. The topological polar surface area (TPSA) is 20.2 Å². The van der Waals surface area contributed by atoms with E-state index in [0.29, 0.717) is 0 Å². The Hall–Kier alpha value is -1.34. The van der Waals surface area contributed by atoms with Crippen molar-refractivity contribution in [3.63, 3.8) is 0 Å². The summed E-state index contributed by atoms with van der Waals surface area (Å²) in [5.41, 5.74) is 2.35. The number of rotatable bonds is 1. The predicted octanol–water partition coefficient (Wildman–Crippen LogP) is 2.14. The van der Waals surface area contributed by atoms with Crippen molar-refractivity contribution >= 4 is 0 Å². The minimum Gasteiger partial charge on any atom is -0.395 e. The molecule has 2 bridgehead atoms. The summed E-state index contributed by atoms with van der Waals surface area (Å²) in [6.45, 7) is 0.175. The fraction of sp³-hybridized carbons (Fsp3) is 0.167. The largest absolute Gasteiger partial charge is 0.395 e. The Morgan fingerprint density at radius 2 is 1.46 bits per heavy atom. The van der Waals surface area contributed by atoms with E-state index >= 15 is 0 Å². The van der Waals surface area contributed by atoms with Gasteiger partial charge in [-0.25, -0.2) is 0 Å². The summed E-state index contributed by atoms with van der Waals surface area (Å²) in [7, 11) is 0. The standard InChI is InChI=1S/C12H12O/c13-9-12-10-5-1-2-6-11(12)8-4-3-7-10/h1-8,12-13H,9H2. The lowest BCUT2D eigenvalue weighted by molar-refractivity contribution is 0.267. The average Bonchev–Trinajstić information content (AvgIpc) is 2.47. The van der Waals surface area contributed by atoms with Gasteiger partial charge in [-0.1, -0.05) is 48.6 Å². The van der Waals surface area contributed by atoms with Crippen LogP contribution in [-0.4, -0.2) is 11.7 Å². The molecule has 1 N–H and O–H groups in total. The van der Waals surface area contributed by atoms with Crippen molar-refractivity contribution in [1.82, 2.24) is 0 Å². The first-order valence-electron chi connectivity index (χ1n) is 4.46. The second kappa shape index (κ2) is 3.58. The van der Waals surface area contributed by atoms with Crippen LogP contribution in [0.2, 0.25) is 0 Å². The van der Waals surface area contributed by atoms with Gasteiger partial charge in [-0.05, 0) is 11.1 Å². The van der Waals surface area contributed by atoms with E-state index in [2.05, 4.69) is 0 Å². The van der Waals surface area contributed by atoms with Gasteiger partial charge in [0, 0.05) is 5.92 Å². The molecule has 0 fully saturated rings. The van der Waals surface area contributed by atoms with E-state index in [1.807, 2.05) is 48.6 Å². The molecule has 0 spiro atoms. The van der Waals surface area contributed by atoms with E-state index in [1.54, 1.807) is 0 Å². The summed E-state index contributed by atoms with van der Waals surface area (Å²) in [5, 5.41) is 9.27. The Morgan fingerprint density at radius 1 is 0.923 bits per heavy atom. The van der Waals surface area contributed by atoms with Crippen molar-refractivity contribution in [2.45, 2.75) is 0 Å². The van der Waals surface area contributed by atoms with Gasteiger partial charge in [-0.15, -0.1) is 0 Å². The molecule has 0 heterocycles. The molecule has 0 saturated heterocycles. The Morgan fingerprint density at radius 3 is 1.92 bits per heavy atom. The molecular weight excluding hydrogens is 160 g/mol. The molecule has 0 saturated carbocycles. The lowest BCUT2D eigenvalue weighted by Gasteiger charge is -2.14. The molecule has 0 aromatic heterocycles. The molecule has 0 aromatic carbocycles. The maximum absolute atomic E-state index is 9.27. The van der Waals surface area contributed by atoms with E-state index in [-0.39, 0.29) is 12.5 Å². The van der Waals surface area contributed by atoms with Crippen LogP contribution in [0.15, 0.2) is 59.8 Å². The predicted molar refractivity (Wildman–Crippen MR) is 54.2 cm³/mol. The molecule has 66 valence electrons. The summed E-state index contributed by atoms with van der Waals surface area (Å²) >= 11 is 0. The lowest BCUT2D eigenvalue weighted by Crippen LogP contribution is -2.09. The van der Waals surface area contributed by atoms with Gasteiger partial charge in [0.1, 0.15) is 0 Å². The Balaban J connectivity index is 2.49. The monoisotopic (exact) mass is 172 g/mol. The van der Waals surface area contributed by atoms with Crippen molar-refractivity contribution in [3.8, 4) is 0 Å². The molecule has 13 heavy (non-hydrogen) atoms. The summed E-state index contributed by atoms with van der Waals surface area (Å²) in [6, 6.07) is 0. The summed E-state index contributed by atoms with van der Waals surface area (Å²) in [5.74, 6) is 0.144. The van der Waals surface area contributed by atoms with Gasteiger partial charge in [0.15, 0.2) is 0 Å². The summed E-state index contributed by atoms with van der Waals surface area (Å²) in [4.78, 5) is 0. The molecule has 0 unspecified atom stereocenters. The van der Waals surface area contributed by atoms with E-state index in [9.17, 15) is 5.11 Å². The van der Waals surface area contributed by atoms with E-state index in [0.717, 1.165) is 0 Å². The second-order valence-electron chi connectivity index (χ2n) is 3.17. The molecule has 2 aliphatic rings. The highest BCUT2D eigenvalue weighted by Crippen LogP contribution is 2.26. The molecular formula is C12H12O. The number of allylic oxidation sites excluding steroid dienone is 8. The molecule has 0 radical (unpaired) electrons. The van der Waals surface area contributed by atoms with Crippen LogP contribution in [0.4, 0.5) is 0 Å². The quantitative estimate of drug-likeness (QED) is 0.642. The van der Waals surface area contributed by atoms with Crippen molar-refractivity contribution in [2.75, 3.05) is 6.61 Å². The number of hydrogen-bond donors (Lipinski definition) is 1. The third-order valence-corrected chi connectivity index (χ3v) is 2.36. The normalized spacial score (nSPS) is 20.7. The SMILES string of the molecule is OCC1C2=CC=CC=C1C=CC=C2. The number of aliphatic hydroxyl groups is 1. The van der Waals surface area contributed by atoms with Crippen LogP contribution in [0.3, 0.4) is 0 Å². The van der Waals surface area contributed by atoms with E-state index < -0.39 is 0 Å². The highest BCUT2D eigenvalue weighted by Gasteiger charge is 2.16. The van der Waals surface area contributed by atoms with Crippen molar-refractivity contribution in [3.05, 3.63) is 59.8 Å².